The van der Waals surface area contributed by atoms with Gasteiger partial charge >= 0.3 is 0 Å². The number of carbonyl (C=O) groups is 1. The number of carbonyl (C=O) groups excluding carboxylic acids is 1. The van der Waals surface area contributed by atoms with E-state index in [1.165, 1.54) is 32.1 Å². The molecule has 4 nitrogen and oxygen atoms in total. The minimum absolute atomic E-state index is 0.103. The van der Waals surface area contributed by atoms with Crippen LogP contribution < -0.4 is 10.6 Å². The molecular weight excluding hydrogens is 310 g/mol. The van der Waals surface area contributed by atoms with E-state index in [9.17, 15) is 4.79 Å². The molecule has 1 saturated carbocycles. The maximum Gasteiger partial charge on any atom is 0.255 e. The Balaban J connectivity index is 1.57. The summed E-state index contributed by atoms with van der Waals surface area (Å²) in [7, 11) is 0. The first-order valence-electron chi connectivity index (χ1n) is 9.25. The van der Waals surface area contributed by atoms with Crippen molar-refractivity contribution in [1.82, 2.24) is 10.3 Å². The van der Waals surface area contributed by atoms with E-state index in [0.29, 0.717) is 11.6 Å². The molecule has 2 aromatic rings. The van der Waals surface area contributed by atoms with Gasteiger partial charge < -0.3 is 10.6 Å². The number of nitrogens with one attached hydrogen (secondary N) is 2. The van der Waals surface area contributed by atoms with Crippen LogP contribution in [0.2, 0.25) is 0 Å². The van der Waals surface area contributed by atoms with Crippen molar-refractivity contribution in [3.8, 4) is 0 Å². The molecule has 25 heavy (non-hydrogen) atoms. The van der Waals surface area contributed by atoms with Gasteiger partial charge in [0.15, 0.2) is 0 Å². The summed E-state index contributed by atoms with van der Waals surface area (Å²) in [6, 6.07) is 11.9. The number of nitrogens with zero attached hydrogens (tertiary/aromatic N) is 1. The Morgan fingerprint density at radius 1 is 1.16 bits per heavy atom. The zero-order chi connectivity index (χ0) is 17.5. The Morgan fingerprint density at radius 3 is 2.64 bits per heavy atom. The molecule has 1 heterocycles. The van der Waals surface area contributed by atoms with Gasteiger partial charge in [0, 0.05) is 36.2 Å². The van der Waals surface area contributed by atoms with Crippen LogP contribution in [0.3, 0.4) is 0 Å². The van der Waals surface area contributed by atoms with E-state index in [2.05, 4.69) is 28.6 Å². The van der Waals surface area contributed by atoms with E-state index in [0.717, 1.165) is 23.7 Å². The number of anilines is 1. The third-order valence-corrected chi connectivity index (χ3v) is 5.01. The van der Waals surface area contributed by atoms with Crippen molar-refractivity contribution in [3.05, 3.63) is 59.9 Å². The van der Waals surface area contributed by atoms with Gasteiger partial charge in [0.25, 0.3) is 5.91 Å². The van der Waals surface area contributed by atoms with Crippen molar-refractivity contribution in [3.63, 3.8) is 0 Å². The maximum atomic E-state index is 12.4. The first kappa shape index (κ1) is 17.6. The Hall–Kier alpha value is -2.20. The molecule has 1 aliphatic carbocycles. The molecule has 1 aliphatic rings. The predicted molar refractivity (Wildman–Crippen MR) is 102 cm³/mol. The van der Waals surface area contributed by atoms with Crippen molar-refractivity contribution in [1.29, 1.82) is 0 Å². The first-order valence-corrected chi connectivity index (χ1v) is 9.25. The highest BCUT2D eigenvalue weighted by molar-refractivity contribution is 6.04. The van der Waals surface area contributed by atoms with E-state index < -0.39 is 0 Å². The number of amides is 1. The molecule has 1 fully saturated rings. The number of para-hydroxylation sites is 1. The number of hydrogen-bond donors (Lipinski definition) is 2. The number of aromatic nitrogens is 1. The van der Waals surface area contributed by atoms with Crippen LogP contribution in [-0.4, -0.2) is 16.9 Å². The molecule has 4 heteroatoms. The molecular formula is C21H27N3O. The lowest BCUT2D eigenvalue weighted by atomic mass is 9.99. The zero-order valence-corrected chi connectivity index (χ0v) is 14.9. The summed E-state index contributed by atoms with van der Waals surface area (Å²) in [5, 5.41) is 6.63. The molecule has 132 valence electrons. The molecule has 1 aromatic carbocycles. The van der Waals surface area contributed by atoms with E-state index in [4.69, 9.17) is 0 Å². The van der Waals surface area contributed by atoms with Gasteiger partial charge in [0.1, 0.15) is 0 Å². The van der Waals surface area contributed by atoms with Crippen LogP contribution >= 0.6 is 0 Å². The second-order valence-corrected chi connectivity index (χ2v) is 7.02. The molecule has 1 atom stereocenters. The monoisotopic (exact) mass is 337 g/mol. The highest BCUT2D eigenvalue weighted by atomic mass is 16.1. The zero-order valence-electron chi connectivity index (χ0n) is 14.9. The number of benzene rings is 1. The summed E-state index contributed by atoms with van der Waals surface area (Å²) in [6.45, 7) is 3.02. The predicted octanol–water partition coefficient (Wildman–Crippen LogP) is 4.39. The fourth-order valence-electron chi connectivity index (χ4n) is 3.61. The lowest BCUT2D eigenvalue weighted by Crippen LogP contribution is -2.28. The van der Waals surface area contributed by atoms with Gasteiger partial charge in [-0.1, -0.05) is 43.9 Å². The lowest BCUT2D eigenvalue weighted by molar-refractivity contribution is 0.102. The van der Waals surface area contributed by atoms with Crippen molar-refractivity contribution < 1.29 is 4.79 Å². The highest BCUT2D eigenvalue weighted by Gasteiger charge is 2.17. The second kappa shape index (κ2) is 8.77. The van der Waals surface area contributed by atoms with E-state index in [1.807, 2.05) is 18.2 Å². The summed E-state index contributed by atoms with van der Waals surface area (Å²) in [6.07, 6.45) is 10.0. The van der Waals surface area contributed by atoms with Gasteiger partial charge in [0.2, 0.25) is 0 Å². The van der Waals surface area contributed by atoms with E-state index >= 15 is 0 Å². The molecule has 1 amide bonds. The van der Waals surface area contributed by atoms with Crippen LogP contribution in [0, 0.1) is 5.92 Å². The SMILES string of the molecule is C[C@@H](CC1CCCC1)NCc1ccccc1NC(=O)c1ccncc1. The van der Waals surface area contributed by atoms with Crippen LogP contribution in [0.1, 0.15) is 54.9 Å². The number of rotatable bonds is 7. The minimum atomic E-state index is -0.103. The summed E-state index contributed by atoms with van der Waals surface area (Å²) < 4.78 is 0. The molecule has 2 N–H and O–H groups in total. The summed E-state index contributed by atoms with van der Waals surface area (Å²) in [5.41, 5.74) is 2.60. The standard InChI is InChI=1S/C21H27N3O/c1-16(14-17-6-2-3-7-17)23-15-19-8-4-5-9-20(19)24-21(25)18-10-12-22-13-11-18/h4-5,8-13,16-17,23H,2-3,6-7,14-15H2,1H3,(H,24,25)/t16-/m0/s1. The second-order valence-electron chi connectivity index (χ2n) is 7.02. The normalized spacial score (nSPS) is 15.9. The molecule has 0 aliphatic heterocycles. The Bertz CT molecular complexity index is 681. The van der Waals surface area contributed by atoms with Gasteiger partial charge in [-0.15, -0.1) is 0 Å². The molecule has 0 bridgehead atoms. The molecule has 0 saturated heterocycles. The van der Waals surface area contributed by atoms with Crippen molar-refractivity contribution in [2.45, 2.75) is 51.6 Å². The Morgan fingerprint density at radius 2 is 1.88 bits per heavy atom. The van der Waals surface area contributed by atoms with Crippen molar-refractivity contribution in [2.75, 3.05) is 5.32 Å². The molecule has 1 aromatic heterocycles. The first-order chi connectivity index (χ1) is 12.2. The summed E-state index contributed by atoms with van der Waals surface area (Å²) >= 11 is 0. The number of pyridine rings is 1. The van der Waals surface area contributed by atoms with Gasteiger partial charge in [0.05, 0.1) is 0 Å². The van der Waals surface area contributed by atoms with E-state index in [1.54, 1.807) is 24.5 Å². The maximum absolute atomic E-state index is 12.4. The molecule has 0 radical (unpaired) electrons. The quantitative estimate of drug-likeness (QED) is 0.788. The third-order valence-electron chi connectivity index (χ3n) is 5.01. The average Bonchev–Trinajstić information content (AvgIpc) is 3.14. The number of hydrogen-bond acceptors (Lipinski definition) is 3. The molecule has 3 rings (SSSR count). The van der Waals surface area contributed by atoms with Crippen LogP contribution in [0.5, 0.6) is 0 Å². The smallest absolute Gasteiger partial charge is 0.255 e. The largest absolute Gasteiger partial charge is 0.322 e. The van der Waals surface area contributed by atoms with Gasteiger partial charge in [-0.2, -0.15) is 0 Å². The van der Waals surface area contributed by atoms with Gasteiger partial charge in [-0.3, -0.25) is 9.78 Å². The van der Waals surface area contributed by atoms with E-state index in [-0.39, 0.29) is 5.91 Å². The van der Waals surface area contributed by atoms with Gasteiger partial charge in [-0.05, 0) is 43.0 Å². The van der Waals surface area contributed by atoms with Crippen LogP contribution in [0.25, 0.3) is 0 Å². The lowest BCUT2D eigenvalue weighted by Gasteiger charge is -2.19. The topological polar surface area (TPSA) is 54.0 Å². The van der Waals surface area contributed by atoms with Gasteiger partial charge in [-0.25, -0.2) is 0 Å². The Labute approximate surface area is 150 Å². The van der Waals surface area contributed by atoms with Crippen LogP contribution in [-0.2, 0) is 6.54 Å². The fraction of sp³-hybridized carbons (Fsp3) is 0.429. The molecule has 0 unspecified atom stereocenters. The Kier molecular flexibility index (Phi) is 6.18. The third kappa shape index (κ3) is 5.13. The van der Waals surface area contributed by atoms with Crippen LogP contribution in [0.4, 0.5) is 5.69 Å². The average molecular weight is 337 g/mol. The fourth-order valence-corrected chi connectivity index (χ4v) is 3.61. The highest BCUT2D eigenvalue weighted by Crippen LogP contribution is 2.28. The van der Waals surface area contributed by atoms with Crippen molar-refractivity contribution >= 4 is 11.6 Å². The van der Waals surface area contributed by atoms with Crippen molar-refractivity contribution in [2.24, 2.45) is 5.92 Å². The summed E-state index contributed by atoms with van der Waals surface area (Å²) in [4.78, 5) is 16.3. The molecule has 0 spiro atoms. The minimum Gasteiger partial charge on any atom is -0.322 e. The summed E-state index contributed by atoms with van der Waals surface area (Å²) in [5.74, 6) is 0.776. The van der Waals surface area contributed by atoms with Crippen LogP contribution in [0.15, 0.2) is 48.8 Å².